The van der Waals surface area contributed by atoms with Crippen LogP contribution >= 0.6 is 11.3 Å². The first-order valence-electron chi connectivity index (χ1n) is 5.14. The van der Waals surface area contributed by atoms with Crippen molar-refractivity contribution in [3.05, 3.63) is 22.4 Å². The Bertz CT molecular complexity index is 356. The van der Waals surface area contributed by atoms with Crippen molar-refractivity contribution >= 4 is 17.2 Å². The number of hydrogen-bond acceptors (Lipinski definition) is 4. The van der Waals surface area contributed by atoms with E-state index in [-0.39, 0.29) is 18.5 Å². The Labute approximate surface area is 99.3 Å². The number of nitrogens with one attached hydrogen (secondary N) is 2. The molecule has 1 amide bonds. The first-order valence-corrected chi connectivity index (χ1v) is 6.02. The van der Waals surface area contributed by atoms with Gasteiger partial charge in [0.05, 0.1) is 19.0 Å². The average molecular weight is 237 g/mol. The summed E-state index contributed by atoms with van der Waals surface area (Å²) in [7, 11) is 0. The van der Waals surface area contributed by atoms with Gasteiger partial charge >= 0.3 is 0 Å². The van der Waals surface area contributed by atoms with Gasteiger partial charge in [0.15, 0.2) is 0 Å². The smallest absolute Gasteiger partial charge is 0.234 e. The lowest BCUT2D eigenvalue weighted by atomic mass is 10.3. The molecule has 2 N–H and O–H groups in total. The minimum Gasteiger partial charge on any atom is -0.354 e. The van der Waals surface area contributed by atoms with Gasteiger partial charge in [-0.05, 0) is 18.4 Å². The van der Waals surface area contributed by atoms with E-state index in [0.717, 1.165) is 0 Å². The molecule has 5 heteroatoms. The SMILES string of the molecule is CC(NCC(=O)NCCC#N)c1cccs1. The van der Waals surface area contributed by atoms with Crippen LogP contribution in [-0.2, 0) is 4.79 Å². The fourth-order valence-corrected chi connectivity index (χ4v) is 1.96. The van der Waals surface area contributed by atoms with Crippen LogP contribution in [0.1, 0.15) is 24.3 Å². The van der Waals surface area contributed by atoms with Gasteiger partial charge in [0, 0.05) is 17.5 Å². The van der Waals surface area contributed by atoms with E-state index in [1.165, 1.54) is 4.88 Å². The van der Waals surface area contributed by atoms with Gasteiger partial charge in [-0.1, -0.05) is 6.07 Å². The van der Waals surface area contributed by atoms with Crippen LogP contribution in [0.15, 0.2) is 17.5 Å². The molecule has 0 saturated carbocycles. The Morgan fingerprint density at radius 1 is 1.69 bits per heavy atom. The summed E-state index contributed by atoms with van der Waals surface area (Å²) in [6, 6.07) is 6.19. The van der Waals surface area contributed by atoms with Crippen molar-refractivity contribution in [1.82, 2.24) is 10.6 Å². The molecular formula is C11H15N3OS. The normalized spacial score (nSPS) is 11.8. The quantitative estimate of drug-likeness (QED) is 0.736. The highest BCUT2D eigenvalue weighted by atomic mass is 32.1. The number of nitriles is 1. The first-order chi connectivity index (χ1) is 7.74. The summed E-state index contributed by atoms with van der Waals surface area (Å²) in [6.45, 7) is 2.73. The van der Waals surface area contributed by atoms with Crippen molar-refractivity contribution in [2.45, 2.75) is 19.4 Å². The lowest BCUT2D eigenvalue weighted by Crippen LogP contribution is -2.35. The molecule has 16 heavy (non-hydrogen) atoms. The molecule has 86 valence electrons. The molecule has 1 atom stereocenters. The monoisotopic (exact) mass is 237 g/mol. The molecule has 1 aromatic heterocycles. The maximum Gasteiger partial charge on any atom is 0.234 e. The Balaban J connectivity index is 2.19. The molecule has 0 radical (unpaired) electrons. The highest BCUT2D eigenvalue weighted by molar-refractivity contribution is 7.10. The summed E-state index contributed by atoms with van der Waals surface area (Å²) < 4.78 is 0. The fourth-order valence-electron chi connectivity index (χ4n) is 1.20. The van der Waals surface area contributed by atoms with E-state index in [2.05, 4.69) is 10.6 Å². The van der Waals surface area contributed by atoms with E-state index in [4.69, 9.17) is 5.26 Å². The third-order valence-electron chi connectivity index (χ3n) is 2.10. The topological polar surface area (TPSA) is 64.9 Å². The van der Waals surface area contributed by atoms with Gasteiger partial charge in [-0.2, -0.15) is 5.26 Å². The summed E-state index contributed by atoms with van der Waals surface area (Å²) in [4.78, 5) is 12.5. The van der Waals surface area contributed by atoms with Crippen molar-refractivity contribution in [2.75, 3.05) is 13.1 Å². The van der Waals surface area contributed by atoms with Gasteiger partial charge in [-0.15, -0.1) is 11.3 Å². The number of hydrogen-bond donors (Lipinski definition) is 2. The largest absolute Gasteiger partial charge is 0.354 e. The number of rotatable bonds is 6. The zero-order valence-corrected chi connectivity index (χ0v) is 10.0. The van der Waals surface area contributed by atoms with E-state index in [0.29, 0.717) is 13.0 Å². The Hall–Kier alpha value is -1.38. The first kappa shape index (κ1) is 12.7. The van der Waals surface area contributed by atoms with Gasteiger partial charge in [-0.3, -0.25) is 4.79 Å². The molecule has 0 fully saturated rings. The minimum absolute atomic E-state index is 0.0707. The predicted molar refractivity (Wildman–Crippen MR) is 64.0 cm³/mol. The molecule has 0 bridgehead atoms. The summed E-state index contributed by atoms with van der Waals surface area (Å²) >= 11 is 1.67. The van der Waals surface area contributed by atoms with Crippen molar-refractivity contribution in [3.63, 3.8) is 0 Å². The van der Waals surface area contributed by atoms with Crippen LogP contribution < -0.4 is 10.6 Å². The van der Waals surface area contributed by atoms with E-state index in [1.807, 2.05) is 30.5 Å². The standard InChI is InChI=1S/C11H15N3OS/c1-9(10-4-2-7-16-10)14-8-11(15)13-6-3-5-12/h2,4,7,9,14H,3,6,8H2,1H3,(H,13,15). The molecule has 1 aromatic rings. The van der Waals surface area contributed by atoms with Gasteiger partial charge in [0.25, 0.3) is 0 Å². The van der Waals surface area contributed by atoms with Crippen LogP contribution in [0.2, 0.25) is 0 Å². The number of thiophene rings is 1. The third-order valence-corrected chi connectivity index (χ3v) is 3.15. The molecule has 4 nitrogen and oxygen atoms in total. The van der Waals surface area contributed by atoms with Crippen LogP contribution in [0, 0.1) is 11.3 Å². The predicted octanol–water partition coefficient (Wildman–Crippen LogP) is 1.43. The zero-order chi connectivity index (χ0) is 11.8. The highest BCUT2D eigenvalue weighted by Gasteiger charge is 2.07. The number of carbonyl (C=O) groups excluding carboxylic acids is 1. The molecule has 0 aromatic carbocycles. The fraction of sp³-hybridized carbons (Fsp3) is 0.455. The number of carbonyl (C=O) groups is 1. The Kier molecular flexibility index (Phi) is 5.54. The molecule has 0 saturated heterocycles. The molecule has 0 spiro atoms. The summed E-state index contributed by atoms with van der Waals surface area (Å²) in [6.07, 6.45) is 0.353. The molecule has 0 aliphatic heterocycles. The second kappa shape index (κ2) is 6.99. The highest BCUT2D eigenvalue weighted by Crippen LogP contribution is 2.17. The number of amides is 1. The van der Waals surface area contributed by atoms with Crippen molar-refractivity contribution in [3.8, 4) is 6.07 Å². The van der Waals surface area contributed by atoms with Crippen LogP contribution in [-0.4, -0.2) is 19.0 Å². The van der Waals surface area contributed by atoms with Crippen LogP contribution in [0.25, 0.3) is 0 Å². The van der Waals surface area contributed by atoms with Crippen molar-refractivity contribution < 1.29 is 4.79 Å². The van der Waals surface area contributed by atoms with Gasteiger partial charge < -0.3 is 10.6 Å². The van der Waals surface area contributed by atoms with E-state index < -0.39 is 0 Å². The van der Waals surface area contributed by atoms with E-state index in [9.17, 15) is 4.79 Å². The second-order valence-electron chi connectivity index (χ2n) is 3.38. The van der Waals surface area contributed by atoms with Gasteiger partial charge in [0.2, 0.25) is 5.91 Å². The molecule has 1 unspecified atom stereocenters. The Morgan fingerprint density at radius 2 is 2.50 bits per heavy atom. The lowest BCUT2D eigenvalue weighted by molar-refractivity contribution is -0.120. The average Bonchev–Trinajstić information content (AvgIpc) is 2.79. The van der Waals surface area contributed by atoms with Crippen LogP contribution in [0.5, 0.6) is 0 Å². The number of nitrogens with zero attached hydrogens (tertiary/aromatic N) is 1. The van der Waals surface area contributed by atoms with Crippen LogP contribution in [0.3, 0.4) is 0 Å². The maximum absolute atomic E-state index is 11.3. The second-order valence-corrected chi connectivity index (χ2v) is 4.36. The van der Waals surface area contributed by atoms with E-state index in [1.54, 1.807) is 11.3 Å². The lowest BCUT2D eigenvalue weighted by Gasteiger charge is -2.11. The van der Waals surface area contributed by atoms with E-state index >= 15 is 0 Å². The van der Waals surface area contributed by atoms with Crippen LogP contribution in [0.4, 0.5) is 0 Å². The van der Waals surface area contributed by atoms with Crippen molar-refractivity contribution in [1.29, 1.82) is 5.26 Å². The molecule has 0 aliphatic carbocycles. The zero-order valence-electron chi connectivity index (χ0n) is 9.19. The molecular weight excluding hydrogens is 222 g/mol. The minimum atomic E-state index is -0.0707. The molecule has 0 aliphatic rings. The third kappa shape index (κ3) is 4.43. The summed E-state index contributed by atoms with van der Waals surface area (Å²) in [5.74, 6) is -0.0707. The van der Waals surface area contributed by atoms with Gasteiger partial charge in [0.1, 0.15) is 0 Å². The van der Waals surface area contributed by atoms with Crippen molar-refractivity contribution in [2.24, 2.45) is 0 Å². The van der Waals surface area contributed by atoms with Gasteiger partial charge in [-0.25, -0.2) is 0 Å². The molecule has 1 heterocycles. The molecule has 1 rings (SSSR count). The summed E-state index contributed by atoms with van der Waals surface area (Å²) in [5.41, 5.74) is 0. The Morgan fingerprint density at radius 3 is 3.12 bits per heavy atom. The summed E-state index contributed by atoms with van der Waals surface area (Å²) in [5, 5.41) is 16.1. The maximum atomic E-state index is 11.3.